The molecule has 0 saturated carbocycles. The van der Waals surface area contributed by atoms with E-state index >= 15 is 0 Å². The zero-order valence-electron chi connectivity index (χ0n) is 10.6. The molecule has 0 radical (unpaired) electrons. The summed E-state index contributed by atoms with van der Waals surface area (Å²) in [7, 11) is 0. The zero-order valence-corrected chi connectivity index (χ0v) is 14.5. The Hall–Kier alpha value is -1.30. The first-order valence-electron chi connectivity index (χ1n) is 6.05. The van der Waals surface area contributed by atoms with Crippen LogP contribution in [-0.2, 0) is 0 Å². The number of hydrogen-bond acceptors (Lipinski definition) is 3. The van der Waals surface area contributed by atoms with Gasteiger partial charge in [0.25, 0.3) is 0 Å². The molecule has 104 valence electrons. The van der Waals surface area contributed by atoms with Crippen molar-refractivity contribution < 1.29 is 0 Å². The van der Waals surface area contributed by atoms with Crippen LogP contribution in [-0.4, -0.2) is 15.0 Å². The fourth-order valence-electron chi connectivity index (χ4n) is 1.81. The average molecular weight is 426 g/mol. The van der Waals surface area contributed by atoms with Gasteiger partial charge in [-0.3, -0.25) is 0 Å². The van der Waals surface area contributed by atoms with E-state index in [9.17, 15) is 0 Å². The van der Waals surface area contributed by atoms with Crippen molar-refractivity contribution in [1.82, 2.24) is 15.0 Å². The minimum absolute atomic E-state index is 0.181. The second-order valence-corrected chi connectivity index (χ2v) is 6.43. The molecule has 1 aromatic heterocycles. The monoisotopic (exact) mass is 423 g/mol. The van der Waals surface area contributed by atoms with Crippen molar-refractivity contribution in [3.05, 3.63) is 62.8 Å². The maximum atomic E-state index is 6.03. The molecular weight excluding hydrogens is 417 g/mol. The second kappa shape index (κ2) is 6.22. The molecule has 0 unspecified atom stereocenters. The van der Waals surface area contributed by atoms with Gasteiger partial charge >= 0.3 is 0 Å². The van der Waals surface area contributed by atoms with E-state index in [1.165, 1.54) is 0 Å². The molecule has 0 spiro atoms. The van der Waals surface area contributed by atoms with Crippen LogP contribution in [0, 0.1) is 0 Å². The molecule has 0 fully saturated rings. The Morgan fingerprint density at radius 1 is 0.619 bits per heavy atom. The highest BCUT2D eigenvalue weighted by atomic mass is 79.9. The van der Waals surface area contributed by atoms with E-state index in [0.29, 0.717) is 11.6 Å². The minimum atomic E-state index is 0.181. The highest BCUT2D eigenvalue weighted by Crippen LogP contribution is 2.24. The van der Waals surface area contributed by atoms with E-state index < -0.39 is 0 Å². The third-order valence-electron chi connectivity index (χ3n) is 2.81. The molecule has 3 rings (SSSR count). The summed E-state index contributed by atoms with van der Waals surface area (Å²) >= 11 is 12.8. The van der Waals surface area contributed by atoms with E-state index in [1.54, 1.807) is 0 Å². The summed E-state index contributed by atoms with van der Waals surface area (Å²) in [5, 5.41) is 0.181. The molecule has 3 aromatic rings. The molecule has 0 aliphatic rings. The molecule has 6 heteroatoms. The van der Waals surface area contributed by atoms with Crippen LogP contribution < -0.4 is 0 Å². The van der Waals surface area contributed by atoms with Gasteiger partial charge in [0.15, 0.2) is 11.6 Å². The summed E-state index contributed by atoms with van der Waals surface area (Å²) in [5.41, 5.74) is 1.78. The predicted molar refractivity (Wildman–Crippen MR) is 91.1 cm³/mol. The van der Waals surface area contributed by atoms with Gasteiger partial charge in [-0.1, -0.05) is 56.1 Å². The molecule has 0 bridgehead atoms. The van der Waals surface area contributed by atoms with E-state index in [2.05, 4.69) is 46.8 Å². The maximum Gasteiger partial charge on any atom is 0.226 e. The van der Waals surface area contributed by atoms with Crippen molar-refractivity contribution in [2.75, 3.05) is 0 Å². The smallest absolute Gasteiger partial charge is 0.208 e. The second-order valence-electron chi connectivity index (χ2n) is 4.27. The highest BCUT2D eigenvalue weighted by molar-refractivity contribution is 9.10. The fraction of sp³-hybridized carbons (Fsp3) is 0. The first-order chi connectivity index (χ1) is 10.1. The lowest BCUT2D eigenvalue weighted by molar-refractivity contribution is 1.07. The van der Waals surface area contributed by atoms with Gasteiger partial charge in [-0.15, -0.1) is 0 Å². The van der Waals surface area contributed by atoms with Gasteiger partial charge in [-0.05, 0) is 35.9 Å². The molecular formula is C15H8Br2ClN3. The molecule has 0 saturated heterocycles. The van der Waals surface area contributed by atoms with Gasteiger partial charge in [0.1, 0.15) is 0 Å². The Balaban J connectivity index is 2.07. The standard InChI is InChI=1S/C15H8Br2ClN3/c16-11-5-1-9(2-6-11)13-19-14(21-15(18)20-13)10-3-7-12(17)8-4-10/h1-8H. The molecule has 0 aliphatic heterocycles. The lowest BCUT2D eigenvalue weighted by atomic mass is 10.2. The van der Waals surface area contributed by atoms with Crippen molar-refractivity contribution in [2.45, 2.75) is 0 Å². The average Bonchev–Trinajstić information content (AvgIpc) is 2.48. The molecule has 0 amide bonds. The molecule has 21 heavy (non-hydrogen) atoms. The predicted octanol–water partition coefficient (Wildman–Crippen LogP) is 5.38. The molecule has 2 aromatic carbocycles. The summed E-state index contributed by atoms with van der Waals surface area (Å²) in [6.07, 6.45) is 0. The third-order valence-corrected chi connectivity index (χ3v) is 4.04. The number of hydrogen-bond donors (Lipinski definition) is 0. The first-order valence-corrected chi connectivity index (χ1v) is 8.02. The fourth-order valence-corrected chi connectivity index (χ4v) is 2.49. The molecule has 0 N–H and O–H groups in total. The van der Waals surface area contributed by atoms with E-state index in [0.717, 1.165) is 20.1 Å². The first kappa shape index (κ1) is 14.6. The topological polar surface area (TPSA) is 38.7 Å². The van der Waals surface area contributed by atoms with Crippen LogP contribution in [0.1, 0.15) is 0 Å². The van der Waals surface area contributed by atoms with Gasteiger partial charge in [0.05, 0.1) is 0 Å². The number of benzene rings is 2. The van der Waals surface area contributed by atoms with Gasteiger partial charge < -0.3 is 0 Å². The molecule has 3 nitrogen and oxygen atoms in total. The SMILES string of the molecule is Clc1nc(-c2ccc(Br)cc2)nc(-c2ccc(Br)cc2)n1. The summed E-state index contributed by atoms with van der Waals surface area (Å²) in [4.78, 5) is 12.9. The quantitative estimate of drug-likeness (QED) is 0.553. The van der Waals surface area contributed by atoms with Crippen molar-refractivity contribution in [2.24, 2.45) is 0 Å². The lowest BCUT2D eigenvalue weighted by Crippen LogP contribution is -1.97. The third kappa shape index (κ3) is 3.48. The number of aromatic nitrogens is 3. The van der Waals surface area contributed by atoms with Crippen molar-refractivity contribution >= 4 is 43.5 Å². The largest absolute Gasteiger partial charge is 0.226 e. The Labute approximate surface area is 143 Å². The zero-order chi connectivity index (χ0) is 14.8. The Kier molecular flexibility index (Phi) is 4.33. The molecule has 1 heterocycles. The lowest BCUT2D eigenvalue weighted by Gasteiger charge is -2.05. The van der Waals surface area contributed by atoms with Crippen LogP contribution in [0.5, 0.6) is 0 Å². The van der Waals surface area contributed by atoms with Gasteiger partial charge in [-0.25, -0.2) is 4.98 Å². The Bertz CT molecular complexity index is 710. The van der Waals surface area contributed by atoms with E-state index in [4.69, 9.17) is 11.6 Å². The van der Waals surface area contributed by atoms with E-state index in [-0.39, 0.29) is 5.28 Å². The van der Waals surface area contributed by atoms with Crippen LogP contribution >= 0.6 is 43.5 Å². The van der Waals surface area contributed by atoms with Crippen molar-refractivity contribution in [3.63, 3.8) is 0 Å². The van der Waals surface area contributed by atoms with Crippen LogP contribution in [0.25, 0.3) is 22.8 Å². The van der Waals surface area contributed by atoms with Crippen LogP contribution in [0.3, 0.4) is 0 Å². The summed E-state index contributed by atoms with van der Waals surface area (Å²) in [6.45, 7) is 0. The van der Waals surface area contributed by atoms with Gasteiger partial charge in [0.2, 0.25) is 5.28 Å². The summed E-state index contributed by atoms with van der Waals surface area (Å²) < 4.78 is 2.00. The summed E-state index contributed by atoms with van der Waals surface area (Å²) in [6, 6.07) is 15.5. The summed E-state index contributed by atoms with van der Waals surface area (Å²) in [5.74, 6) is 1.11. The number of nitrogens with zero attached hydrogens (tertiary/aromatic N) is 3. The van der Waals surface area contributed by atoms with Gasteiger partial charge in [-0.2, -0.15) is 9.97 Å². The van der Waals surface area contributed by atoms with Gasteiger partial charge in [0, 0.05) is 20.1 Å². The van der Waals surface area contributed by atoms with E-state index in [1.807, 2.05) is 48.5 Å². The highest BCUT2D eigenvalue weighted by Gasteiger charge is 2.09. The number of halogens is 3. The Morgan fingerprint density at radius 2 is 1.00 bits per heavy atom. The molecule has 0 aliphatic carbocycles. The normalized spacial score (nSPS) is 10.6. The number of rotatable bonds is 2. The van der Waals surface area contributed by atoms with Crippen LogP contribution in [0.4, 0.5) is 0 Å². The van der Waals surface area contributed by atoms with Crippen molar-refractivity contribution in [3.8, 4) is 22.8 Å². The van der Waals surface area contributed by atoms with Crippen LogP contribution in [0.2, 0.25) is 5.28 Å². The maximum absolute atomic E-state index is 6.03. The molecule has 0 atom stereocenters. The minimum Gasteiger partial charge on any atom is -0.208 e. The van der Waals surface area contributed by atoms with Crippen molar-refractivity contribution in [1.29, 1.82) is 0 Å². The Morgan fingerprint density at radius 3 is 1.38 bits per heavy atom. The van der Waals surface area contributed by atoms with Crippen LogP contribution in [0.15, 0.2) is 57.5 Å².